The van der Waals surface area contributed by atoms with E-state index in [1.165, 1.54) is 22.3 Å². The Bertz CT molecular complexity index is 619. The normalized spacial score (nSPS) is 17.4. The predicted octanol–water partition coefficient (Wildman–Crippen LogP) is 3.62. The third-order valence-corrected chi connectivity index (χ3v) is 4.71. The van der Waals surface area contributed by atoms with Crippen LogP contribution in [-0.4, -0.2) is 16.1 Å². The van der Waals surface area contributed by atoms with Crippen molar-refractivity contribution in [1.82, 2.24) is 4.98 Å². The lowest BCUT2D eigenvalue weighted by Crippen LogP contribution is -2.03. The Balaban J connectivity index is 2.01. The number of hydrogen-bond acceptors (Lipinski definition) is 3. The topological polar surface area (TPSA) is 50.2 Å². The summed E-state index contributed by atoms with van der Waals surface area (Å²) in [5.74, 6) is -0.531. The van der Waals surface area contributed by atoms with Gasteiger partial charge in [-0.3, -0.25) is 4.79 Å². The molecule has 0 fully saturated rings. The molecular weight excluding hydrogens is 258 g/mol. The molecule has 0 spiro atoms. The van der Waals surface area contributed by atoms with Crippen LogP contribution in [0.2, 0.25) is 0 Å². The lowest BCUT2D eigenvalue weighted by atomic mass is 9.94. The quantitative estimate of drug-likeness (QED) is 0.929. The highest BCUT2D eigenvalue weighted by atomic mass is 32.1. The maximum absolute atomic E-state index is 10.9. The van der Waals surface area contributed by atoms with E-state index in [-0.39, 0.29) is 12.3 Å². The van der Waals surface area contributed by atoms with E-state index in [1.807, 2.05) is 11.6 Å². The minimum atomic E-state index is -0.709. The zero-order valence-electron chi connectivity index (χ0n) is 10.7. The van der Waals surface area contributed by atoms with Crippen LogP contribution >= 0.6 is 11.3 Å². The van der Waals surface area contributed by atoms with Gasteiger partial charge in [-0.05, 0) is 42.4 Å². The van der Waals surface area contributed by atoms with E-state index in [0.29, 0.717) is 0 Å². The number of rotatable bonds is 3. The van der Waals surface area contributed by atoms with E-state index in [4.69, 9.17) is 5.11 Å². The molecule has 3 nitrogen and oxygen atoms in total. The monoisotopic (exact) mass is 273 g/mol. The van der Waals surface area contributed by atoms with Gasteiger partial charge in [0, 0.05) is 17.1 Å². The zero-order chi connectivity index (χ0) is 13.4. The van der Waals surface area contributed by atoms with Gasteiger partial charge in [0.15, 0.2) is 0 Å². The standard InChI is InChI=1S/C15H15NO2S/c1-9-11-3-2-10(8-14(17)18)13(11)5-4-12(9)15-16-6-7-19-15/h4-7,10H,2-3,8H2,1H3,(H,17,18). The van der Waals surface area contributed by atoms with Crippen molar-refractivity contribution in [2.24, 2.45) is 0 Å². The Morgan fingerprint density at radius 3 is 3.05 bits per heavy atom. The third-order valence-electron chi connectivity index (χ3n) is 3.90. The number of carboxylic acid groups (broad SMARTS) is 1. The number of benzene rings is 1. The molecule has 3 rings (SSSR count). The van der Waals surface area contributed by atoms with Crippen molar-refractivity contribution in [2.75, 3.05) is 0 Å². The van der Waals surface area contributed by atoms with Gasteiger partial charge >= 0.3 is 5.97 Å². The molecule has 1 aromatic heterocycles. The maximum atomic E-state index is 10.9. The van der Waals surface area contributed by atoms with E-state index < -0.39 is 5.97 Å². The predicted molar refractivity (Wildman–Crippen MR) is 75.6 cm³/mol. The molecule has 0 amide bonds. The lowest BCUT2D eigenvalue weighted by molar-refractivity contribution is -0.137. The summed E-state index contributed by atoms with van der Waals surface area (Å²) < 4.78 is 0. The van der Waals surface area contributed by atoms with E-state index >= 15 is 0 Å². The Labute approximate surface area is 115 Å². The molecule has 0 bridgehead atoms. The molecule has 4 heteroatoms. The Morgan fingerprint density at radius 1 is 1.53 bits per heavy atom. The molecular formula is C15H15NO2S. The van der Waals surface area contributed by atoms with E-state index in [0.717, 1.165) is 17.8 Å². The van der Waals surface area contributed by atoms with Gasteiger partial charge in [-0.1, -0.05) is 12.1 Å². The van der Waals surface area contributed by atoms with Crippen LogP contribution < -0.4 is 0 Å². The maximum Gasteiger partial charge on any atom is 0.303 e. The number of aromatic nitrogens is 1. The summed E-state index contributed by atoms with van der Waals surface area (Å²) in [6, 6.07) is 4.19. The summed E-state index contributed by atoms with van der Waals surface area (Å²) in [6.45, 7) is 2.12. The number of carboxylic acids is 1. The second-order valence-electron chi connectivity index (χ2n) is 4.98. The van der Waals surface area contributed by atoms with Crippen LogP contribution in [0.25, 0.3) is 10.6 Å². The highest BCUT2D eigenvalue weighted by molar-refractivity contribution is 7.13. The Hall–Kier alpha value is -1.68. The van der Waals surface area contributed by atoms with E-state index in [2.05, 4.69) is 24.0 Å². The second kappa shape index (κ2) is 4.78. The highest BCUT2D eigenvalue weighted by Crippen LogP contribution is 2.40. The van der Waals surface area contributed by atoms with Crippen molar-refractivity contribution < 1.29 is 9.90 Å². The molecule has 1 atom stereocenters. The smallest absolute Gasteiger partial charge is 0.303 e. The molecule has 19 heavy (non-hydrogen) atoms. The van der Waals surface area contributed by atoms with Gasteiger partial charge in [-0.15, -0.1) is 11.3 Å². The van der Waals surface area contributed by atoms with E-state index in [1.54, 1.807) is 11.3 Å². The molecule has 0 saturated heterocycles. The summed E-state index contributed by atoms with van der Waals surface area (Å²) >= 11 is 1.64. The molecule has 0 saturated carbocycles. The largest absolute Gasteiger partial charge is 0.481 e. The molecule has 98 valence electrons. The molecule has 0 radical (unpaired) electrons. The number of fused-ring (bicyclic) bond motifs is 1. The summed E-state index contributed by atoms with van der Waals surface area (Å²) in [6.07, 6.45) is 3.99. The van der Waals surface area contributed by atoms with E-state index in [9.17, 15) is 4.79 Å². The molecule has 1 aliphatic rings. The van der Waals surface area contributed by atoms with Crippen LogP contribution in [0.1, 0.15) is 35.4 Å². The fraction of sp³-hybridized carbons (Fsp3) is 0.333. The second-order valence-corrected chi connectivity index (χ2v) is 5.87. The molecule has 2 aromatic rings. The fourth-order valence-electron chi connectivity index (χ4n) is 2.98. The summed E-state index contributed by atoms with van der Waals surface area (Å²) in [7, 11) is 0. The van der Waals surface area contributed by atoms with Gasteiger partial charge in [-0.25, -0.2) is 4.98 Å². The first-order valence-corrected chi connectivity index (χ1v) is 7.29. The van der Waals surface area contributed by atoms with Gasteiger partial charge in [0.05, 0.1) is 6.42 Å². The average Bonchev–Trinajstić information content (AvgIpc) is 2.99. The van der Waals surface area contributed by atoms with Crippen molar-refractivity contribution in [2.45, 2.75) is 32.1 Å². The molecule has 1 aliphatic carbocycles. The van der Waals surface area contributed by atoms with Gasteiger partial charge in [0.25, 0.3) is 0 Å². The van der Waals surface area contributed by atoms with Crippen LogP contribution in [0.15, 0.2) is 23.7 Å². The molecule has 1 unspecified atom stereocenters. The molecule has 1 aromatic carbocycles. The zero-order valence-corrected chi connectivity index (χ0v) is 11.5. The van der Waals surface area contributed by atoms with Crippen molar-refractivity contribution in [3.63, 3.8) is 0 Å². The first-order chi connectivity index (χ1) is 9.16. The van der Waals surface area contributed by atoms with Crippen LogP contribution in [0.3, 0.4) is 0 Å². The van der Waals surface area contributed by atoms with Gasteiger partial charge in [-0.2, -0.15) is 0 Å². The summed E-state index contributed by atoms with van der Waals surface area (Å²) in [4.78, 5) is 15.3. The molecule has 0 aliphatic heterocycles. The van der Waals surface area contributed by atoms with Crippen LogP contribution in [-0.2, 0) is 11.2 Å². The lowest BCUT2D eigenvalue weighted by Gasteiger charge is -2.12. The first kappa shape index (κ1) is 12.4. The van der Waals surface area contributed by atoms with Crippen molar-refractivity contribution in [3.8, 4) is 10.6 Å². The van der Waals surface area contributed by atoms with Gasteiger partial charge in [0.1, 0.15) is 5.01 Å². The Morgan fingerprint density at radius 2 is 2.37 bits per heavy atom. The van der Waals surface area contributed by atoms with Crippen LogP contribution in [0, 0.1) is 6.92 Å². The van der Waals surface area contributed by atoms with Gasteiger partial charge < -0.3 is 5.11 Å². The average molecular weight is 273 g/mol. The summed E-state index contributed by atoms with van der Waals surface area (Å²) in [5, 5.41) is 12.0. The Kier molecular flexibility index (Phi) is 3.11. The number of aliphatic carboxylic acids is 1. The number of hydrogen-bond donors (Lipinski definition) is 1. The fourth-order valence-corrected chi connectivity index (χ4v) is 3.70. The van der Waals surface area contributed by atoms with Crippen molar-refractivity contribution >= 4 is 17.3 Å². The molecule has 1 heterocycles. The minimum Gasteiger partial charge on any atom is -0.481 e. The van der Waals surface area contributed by atoms with Crippen molar-refractivity contribution in [1.29, 1.82) is 0 Å². The highest BCUT2D eigenvalue weighted by Gasteiger charge is 2.27. The van der Waals surface area contributed by atoms with Crippen LogP contribution in [0.4, 0.5) is 0 Å². The number of carbonyl (C=O) groups is 1. The van der Waals surface area contributed by atoms with Crippen LogP contribution in [0.5, 0.6) is 0 Å². The van der Waals surface area contributed by atoms with Crippen molar-refractivity contribution in [3.05, 3.63) is 40.4 Å². The van der Waals surface area contributed by atoms with Gasteiger partial charge in [0.2, 0.25) is 0 Å². The molecule has 1 N–H and O–H groups in total. The first-order valence-electron chi connectivity index (χ1n) is 6.41. The minimum absolute atomic E-state index is 0.177. The summed E-state index contributed by atoms with van der Waals surface area (Å²) in [5.41, 5.74) is 5.00. The SMILES string of the molecule is Cc1c(-c2nccs2)ccc2c1CCC2CC(=O)O. The number of nitrogens with zero attached hydrogens (tertiary/aromatic N) is 1. The third kappa shape index (κ3) is 2.16. The number of thiazole rings is 1.